The van der Waals surface area contributed by atoms with E-state index in [1.165, 1.54) is 23.3 Å². The first-order valence-electron chi connectivity index (χ1n) is 8.21. The zero-order valence-corrected chi connectivity index (χ0v) is 14.2. The molecule has 1 saturated heterocycles. The van der Waals surface area contributed by atoms with Crippen LogP contribution in [-0.2, 0) is 9.53 Å². The summed E-state index contributed by atoms with van der Waals surface area (Å²) in [7, 11) is 0. The fourth-order valence-corrected chi connectivity index (χ4v) is 2.81. The maximum Gasteiger partial charge on any atom is 0.320 e. The fraction of sp³-hybridized carbons (Fsp3) is 0.467. The molecule has 3 rings (SSSR count). The third-order valence-electron chi connectivity index (χ3n) is 4.33. The van der Waals surface area contributed by atoms with Gasteiger partial charge in [0.25, 0.3) is 0 Å². The van der Waals surface area contributed by atoms with Crippen LogP contribution in [0.5, 0.6) is 0 Å². The van der Waals surface area contributed by atoms with Crippen molar-refractivity contribution in [1.82, 2.24) is 19.5 Å². The van der Waals surface area contributed by atoms with E-state index in [-0.39, 0.29) is 24.4 Å². The zero-order valence-electron chi connectivity index (χ0n) is 14.2. The van der Waals surface area contributed by atoms with Gasteiger partial charge in [0.2, 0.25) is 6.23 Å². The second kappa shape index (κ2) is 7.44. The zero-order chi connectivity index (χ0) is 19.7. The molecular weight excluding hydrogens is 358 g/mol. The van der Waals surface area contributed by atoms with Crippen LogP contribution < -0.4 is 17.2 Å². The third-order valence-corrected chi connectivity index (χ3v) is 4.33. The van der Waals surface area contributed by atoms with E-state index in [9.17, 15) is 15.0 Å². The van der Waals surface area contributed by atoms with Gasteiger partial charge in [-0.1, -0.05) is 0 Å². The van der Waals surface area contributed by atoms with E-state index in [1.54, 1.807) is 0 Å². The Morgan fingerprint density at radius 3 is 2.74 bits per heavy atom. The second-order valence-electron chi connectivity index (χ2n) is 6.28. The molecule has 1 aliphatic rings. The van der Waals surface area contributed by atoms with Gasteiger partial charge in [0, 0.05) is 6.04 Å². The first-order valence-corrected chi connectivity index (χ1v) is 8.21. The largest absolute Gasteiger partial charge is 0.480 e. The lowest BCUT2D eigenvalue weighted by Crippen LogP contribution is -2.32. The number of carboxylic acids is 1. The van der Waals surface area contributed by atoms with Gasteiger partial charge in [-0.25, -0.2) is 15.0 Å². The van der Waals surface area contributed by atoms with Crippen molar-refractivity contribution in [3.05, 3.63) is 24.5 Å². The van der Waals surface area contributed by atoms with Crippen LogP contribution in [0, 0.1) is 0 Å². The Balaban J connectivity index is 1.77. The molecule has 12 heteroatoms. The Morgan fingerprint density at radius 2 is 2.04 bits per heavy atom. The van der Waals surface area contributed by atoms with Gasteiger partial charge >= 0.3 is 5.97 Å². The summed E-state index contributed by atoms with van der Waals surface area (Å²) in [5.41, 5.74) is 17.8. The van der Waals surface area contributed by atoms with E-state index < -0.39 is 36.5 Å². The van der Waals surface area contributed by atoms with E-state index in [2.05, 4.69) is 15.0 Å². The van der Waals surface area contributed by atoms with Gasteiger partial charge in [-0.05, 0) is 18.9 Å². The molecular formula is C15H21N7O5. The molecule has 146 valence electrons. The molecule has 9 N–H and O–H groups in total. The second-order valence-corrected chi connectivity index (χ2v) is 6.28. The van der Waals surface area contributed by atoms with Crippen molar-refractivity contribution in [2.75, 3.05) is 5.73 Å². The summed E-state index contributed by atoms with van der Waals surface area (Å²) >= 11 is 0. The molecule has 2 aromatic heterocycles. The number of ether oxygens (including phenoxy) is 1. The summed E-state index contributed by atoms with van der Waals surface area (Å²) in [5, 5.41) is 29.4. The number of aliphatic carboxylic acids is 1. The highest BCUT2D eigenvalue weighted by atomic mass is 16.5. The van der Waals surface area contributed by atoms with Crippen LogP contribution in [0.3, 0.4) is 0 Å². The van der Waals surface area contributed by atoms with Crippen molar-refractivity contribution in [1.29, 1.82) is 0 Å². The summed E-state index contributed by atoms with van der Waals surface area (Å²) < 4.78 is 7.10. The van der Waals surface area contributed by atoms with Crippen LogP contribution in [0.2, 0.25) is 0 Å². The number of imidazole rings is 1. The normalized spacial score (nSPS) is 26.2. The lowest BCUT2D eigenvalue weighted by molar-refractivity contribution is -0.138. The van der Waals surface area contributed by atoms with Gasteiger partial charge in [-0.3, -0.25) is 9.36 Å². The molecule has 0 spiro atoms. The van der Waals surface area contributed by atoms with Crippen LogP contribution >= 0.6 is 0 Å². The Bertz CT molecular complexity index is 869. The minimum absolute atomic E-state index is 0.0766. The standard InChI is InChI=1S/C15H21N7O5/c16-6(1-2-7(17)15(25)26)3-8-10(23)11(24)14(27-8)22-5-21-9-12(18)19-4-20-13(9)22/h3-7,10-11,14,23-24H,1-2,16-17H2,(H,25,26)(H2,18,19,20)/b8-3+/t6-,7-,10+,11+,14+/m0/s1. The molecule has 0 bridgehead atoms. The number of hydrogen-bond acceptors (Lipinski definition) is 10. The number of anilines is 1. The predicted octanol–water partition coefficient (Wildman–Crippen LogP) is -1.94. The van der Waals surface area contributed by atoms with Gasteiger partial charge in [0.1, 0.15) is 42.2 Å². The molecule has 0 aromatic carbocycles. The molecule has 12 nitrogen and oxygen atoms in total. The molecule has 2 aromatic rings. The number of nitrogens with zero attached hydrogens (tertiary/aromatic N) is 4. The number of aliphatic hydroxyl groups is 2. The Labute approximate surface area is 153 Å². The van der Waals surface area contributed by atoms with E-state index in [4.69, 9.17) is 27.0 Å². The van der Waals surface area contributed by atoms with Crippen molar-refractivity contribution >= 4 is 23.0 Å². The third kappa shape index (κ3) is 3.68. The molecule has 0 amide bonds. The van der Waals surface area contributed by atoms with Gasteiger partial charge < -0.3 is 37.3 Å². The van der Waals surface area contributed by atoms with Crippen molar-refractivity contribution in [2.24, 2.45) is 11.5 Å². The first-order chi connectivity index (χ1) is 12.8. The van der Waals surface area contributed by atoms with Crippen LogP contribution in [0.4, 0.5) is 5.82 Å². The Morgan fingerprint density at radius 1 is 1.30 bits per heavy atom. The van der Waals surface area contributed by atoms with Crippen molar-refractivity contribution in [2.45, 2.75) is 43.4 Å². The monoisotopic (exact) mass is 379 g/mol. The van der Waals surface area contributed by atoms with Crippen LogP contribution in [-0.4, -0.2) is 65.1 Å². The van der Waals surface area contributed by atoms with Crippen LogP contribution in [0.25, 0.3) is 11.2 Å². The van der Waals surface area contributed by atoms with E-state index in [0.717, 1.165) is 0 Å². The molecule has 0 unspecified atom stereocenters. The van der Waals surface area contributed by atoms with Crippen LogP contribution in [0.15, 0.2) is 24.5 Å². The van der Waals surface area contributed by atoms with E-state index in [0.29, 0.717) is 11.2 Å². The average Bonchev–Trinajstić information content (AvgIpc) is 3.17. The lowest BCUT2D eigenvalue weighted by atomic mass is 10.1. The molecule has 27 heavy (non-hydrogen) atoms. The smallest absolute Gasteiger partial charge is 0.320 e. The number of rotatable bonds is 6. The summed E-state index contributed by atoms with van der Waals surface area (Å²) in [6, 6.07) is -1.63. The van der Waals surface area contributed by atoms with E-state index in [1.807, 2.05) is 0 Å². The highest BCUT2D eigenvalue weighted by molar-refractivity contribution is 5.81. The summed E-state index contributed by atoms with van der Waals surface area (Å²) in [6.07, 6.45) is 0.904. The molecule has 0 saturated carbocycles. The minimum atomic E-state index is -1.31. The number of aliphatic hydroxyl groups excluding tert-OH is 2. The fourth-order valence-electron chi connectivity index (χ4n) is 2.81. The molecule has 5 atom stereocenters. The number of fused-ring (bicyclic) bond motifs is 1. The molecule has 1 aliphatic heterocycles. The first kappa shape index (κ1) is 19.0. The predicted molar refractivity (Wildman–Crippen MR) is 92.8 cm³/mol. The Kier molecular flexibility index (Phi) is 5.23. The van der Waals surface area contributed by atoms with Gasteiger partial charge in [0.05, 0.1) is 0 Å². The summed E-state index contributed by atoms with van der Waals surface area (Å²) in [4.78, 5) is 22.8. The summed E-state index contributed by atoms with van der Waals surface area (Å²) in [5.74, 6) is -0.858. The number of nitrogen functional groups attached to an aromatic ring is 1. The number of nitrogens with two attached hydrogens (primary N) is 3. The highest BCUT2D eigenvalue weighted by Crippen LogP contribution is 2.34. The SMILES string of the molecule is Nc1ncnc2c1ncn2[C@@H]1O/C(=C/[C@@H](N)CC[C@H](N)C(=O)O)[C@@H](O)[C@H]1O. The molecule has 0 aliphatic carbocycles. The van der Waals surface area contributed by atoms with Crippen molar-refractivity contribution < 1.29 is 24.9 Å². The number of aromatic nitrogens is 4. The van der Waals surface area contributed by atoms with Gasteiger partial charge in [0.15, 0.2) is 11.5 Å². The van der Waals surface area contributed by atoms with Gasteiger partial charge in [-0.15, -0.1) is 0 Å². The van der Waals surface area contributed by atoms with Crippen LogP contribution in [0.1, 0.15) is 19.1 Å². The quantitative estimate of drug-likeness (QED) is 0.325. The minimum Gasteiger partial charge on any atom is -0.480 e. The average molecular weight is 379 g/mol. The van der Waals surface area contributed by atoms with Gasteiger partial charge in [-0.2, -0.15) is 0 Å². The maximum absolute atomic E-state index is 10.7. The number of hydrogen-bond donors (Lipinski definition) is 6. The Hall–Kier alpha value is -2.80. The molecule has 3 heterocycles. The highest BCUT2D eigenvalue weighted by Gasteiger charge is 2.41. The summed E-state index contributed by atoms with van der Waals surface area (Å²) in [6.45, 7) is 0. The number of carbonyl (C=O) groups is 1. The maximum atomic E-state index is 10.7. The van der Waals surface area contributed by atoms with E-state index >= 15 is 0 Å². The topological polar surface area (TPSA) is 209 Å². The lowest BCUT2D eigenvalue weighted by Gasteiger charge is -2.16. The van der Waals surface area contributed by atoms with Crippen molar-refractivity contribution in [3.8, 4) is 0 Å². The number of carboxylic acid groups (broad SMARTS) is 1. The van der Waals surface area contributed by atoms with Crippen molar-refractivity contribution in [3.63, 3.8) is 0 Å². The molecule has 0 radical (unpaired) electrons. The molecule has 1 fully saturated rings.